The maximum absolute atomic E-state index is 10.9. The van der Waals surface area contributed by atoms with Gasteiger partial charge in [0.25, 0.3) is 0 Å². The van der Waals surface area contributed by atoms with E-state index in [1.807, 2.05) is 6.08 Å². The van der Waals surface area contributed by atoms with Crippen LogP contribution in [0.5, 0.6) is 0 Å². The first-order chi connectivity index (χ1) is 6.27. The van der Waals surface area contributed by atoms with Crippen LogP contribution in [0.25, 0.3) is 0 Å². The Morgan fingerprint density at radius 2 is 1.85 bits per heavy atom. The molecule has 3 aliphatic rings. The van der Waals surface area contributed by atoms with Crippen LogP contribution in [0.15, 0.2) is 36.0 Å². The quantitative estimate of drug-likeness (QED) is 0.613. The molecule has 0 radical (unpaired) electrons. The second-order valence-electron chi connectivity index (χ2n) is 3.95. The summed E-state index contributed by atoms with van der Waals surface area (Å²) < 4.78 is 0. The van der Waals surface area contributed by atoms with Crippen molar-refractivity contribution >= 4 is 5.97 Å². The van der Waals surface area contributed by atoms with Gasteiger partial charge in [-0.3, -0.25) is 0 Å². The van der Waals surface area contributed by atoms with Gasteiger partial charge in [0, 0.05) is 17.4 Å². The molecule has 4 atom stereocenters. The second-order valence-corrected chi connectivity index (χ2v) is 3.95. The van der Waals surface area contributed by atoms with Crippen LogP contribution in [0.3, 0.4) is 0 Å². The summed E-state index contributed by atoms with van der Waals surface area (Å²) in [5.41, 5.74) is 0.595. The van der Waals surface area contributed by atoms with E-state index in [-0.39, 0.29) is 5.92 Å². The normalized spacial score (nSPS) is 43.8. The van der Waals surface area contributed by atoms with E-state index in [4.69, 9.17) is 5.11 Å². The molecule has 0 unspecified atom stereocenters. The van der Waals surface area contributed by atoms with E-state index in [0.717, 1.165) is 0 Å². The van der Waals surface area contributed by atoms with Crippen molar-refractivity contribution in [1.82, 2.24) is 0 Å². The first-order valence-electron chi connectivity index (χ1n) is 4.59. The number of carbonyl (C=O) groups is 1. The lowest BCUT2D eigenvalue weighted by Crippen LogP contribution is -2.15. The van der Waals surface area contributed by atoms with Gasteiger partial charge in [-0.2, -0.15) is 0 Å². The third kappa shape index (κ3) is 0.755. The summed E-state index contributed by atoms with van der Waals surface area (Å²) in [5, 5.41) is 8.96. The molecule has 2 heteroatoms. The van der Waals surface area contributed by atoms with Crippen molar-refractivity contribution in [2.75, 3.05) is 0 Å². The highest BCUT2D eigenvalue weighted by Crippen LogP contribution is 2.50. The van der Waals surface area contributed by atoms with E-state index in [1.165, 1.54) is 0 Å². The van der Waals surface area contributed by atoms with Gasteiger partial charge in [0.2, 0.25) is 0 Å². The molecule has 0 fully saturated rings. The van der Waals surface area contributed by atoms with Crippen molar-refractivity contribution in [3.05, 3.63) is 36.0 Å². The van der Waals surface area contributed by atoms with Crippen molar-refractivity contribution in [2.24, 2.45) is 23.7 Å². The van der Waals surface area contributed by atoms with Crippen molar-refractivity contribution in [3.8, 4) is 0 Å². The SMILES string of the molecule is O=C(O)C1=C[C@H]2C=C[C@H]3C=C[C@@H]1[C@H]32. The van der Waals surface area contributed by atoms with Gasteiger partial charge in [0.05, 0.1) is 0 Å². The molecule has 0 saturated heterocycles. The van der Waals surface area contributed by atoms with E-state index in [2.05, 4.69) is 24.3 Å². The molecule has 0 spiro atoms. The summed E-state index contributed by atoms with van der Waals surface area (Å²) in [7, 11) is 0. The Labute approximate surface area is 76.3 Å². The van der Waals surface area contributed by atoms with Crippen molar-refractivity contribution in [1.29, 1.82) is 0 Å². The maximum Gasteiger partial charge on any atom is 0.331 e. The predicted octanol–water partition coefficient (Wildman–Crippen LogP) is 1.62. The van der Waals surface area contributed by atoms with Crippen LogP contribution in [0.4, 0.5) is 0 Å². The molecule has 0 saturated carbocycles. The molecular formula is C11H10O2. The van der Waals surface area contributed by atoms with E-state index >= 15 is 0 Å². The Kier molecular flexibility index (Phi) is 1.17. The number of allylic oxidation sites excluding steroid dienone is 5. The molecule has 0 aromatic carbocycles. The first kappa shape index (κ1) is 7.13. The third-order valence-corrected chi connectivity index (χ3v) is 3.38. The first-order valence-corrected chi connectivity index (χ1v) is 4.59. The molecule has 66 valence electrons. The van der Waals surface area contributed by atoms with Gasteiger partial charge in [-0.05, 0) is 11.8 Å². The van der Waals surface area contributed by atoms with Crippen molar-refractivity contribution < 1.29 is 9.90 Å². The summed E-state index contributed by atoms with van der Waals surface area (Å²) in [6.07, 6.45) is 10.4. The third-order valence-electron chi connectivity index (χ3n) is 3.38. The molecule has 13 heavy (non-hydrogen) atoms. The maximum atomic E-state index is 10.9. The summed E-state index contributed by atoms with van der Waals surface area (Å²) in [6, 6.07) is 0. The number of hydrogen-bond donors (Lipinski definition) is 1. The lowest BCUT2D eigenvalue weighted by molar-refractivity contribution is -0.133. The number of hydrogen-bond acceptors (Lipinski definition) is 1. The lowest BCUT2D eigenvalue weighted by Gasteiger charge is -2.15. The molecule has 0 aromatic heterocycles. The Bertz CT molecular complexity index is 362. The van der Waals surface area contributed by atoms with Crippen LogP contribution < -0.4 is 0 Å². The van der Waals surface area contributed by atoms with Gasteiger partial charge < -0.3 is 5.11 Å². The topological polar surface area (TPSA) is 37.3 Å². The van der Waals surface area contributed by atoms with Crippen molar-refractivity contribution in [2.45, 2.75) is 0 Å². The van der Waals surface area contributed by atoms with Gasteiger partial charge in [-0.25, -0.2) is 4.79 Å². The largest absolute Gasteiger partial charge is 0.478 e. The molecule has 0 bridgehead atoms. The van der Waals surface area contributed by atoms with Gasteiger partial charge in [-0.1, -0.05) is 30.4 Å². The summed E-state index contributed by atoms with van der Waals surface area (Å²) in [6.45, 7) is 0. The highest BCUT2D eigenvalue weighted by molar-refractivity contribution is 5.89. The minimum Gasteiger partial charge on any atom is -0.478 e. The summed E-state index contributed by atoms with van der Waals surface area (Å²) in [5.74, 6) is 0.769. The molecule has 0 amide bonds. The van der Waals surface area contributed by atoms with Gasteiger partial charge >= 0.3 is 5.97 Å². The Hall–Kier alpha value is -1.31. The van der Waals surface area contributed by atoms with E-state index in [9.17, 15) is 4.79 Å². The molecule has 0 heterocycles. The van der Waals surface area contributed by atoms with E-state index in [1.54, 1.807) is 0 Å². The lowest BCUT2D eigenvalue weighted by atomic mass is 9.87. The average molecular weight is 174 g/mol. The molecule has 2 nitrogen and oxygen atoms in total. The zero-order valence-electron chi connectivity index (χ0n) is 7.05. The monoisotopic (exact) mass is 174 g/mol. The molecule has 3 rings (SSSR count). The number of rotatable bonds is 1. The zero-order chi connectivity index (χ0) is 9.00. The van der Waals surface area contributed by atoms with Crippen LogP contribution in [0.2, 0.25) is 0 Å². The fourth-order valence-electron chi connectivity index (χ4n) is 2.83. The fraction of sp³-hybridized carbons (Fsp3) is 0.364. The number of aliphatic carboxylic acids is 1. The fourth-order valence-corrected chi connectivity index (χ4v) is 2.83. The summed E-state index contributed by atoms with van der Waals surface area (Å²) >= 11 is 0. The second kappa shape index (κ2) is 2.13. The van der Waals surface area contributed by atoms with Crippen LogP contribution in [-0.2, 0) is 4.79 Å². The van der Waals surface area contributed by atoms with Gasteiger partial charge in [0.1, 0.15) is 0 Å². The van der Waals surface area contributed by atoms with Gasteiger partial charge in [-0.15, -0.1) is 0 Å². The number of carboxylic acid groups (broad SMARTS) is 1. The van der Waals surface area contributed by atoms with Crippen LogP contribution in [0, 0.1) is 23.7 Å². The van der Waals surface area contributed by atoms with E-state index in [0.29, 0.717) is 23.3 Å². The van der Waals surface area contributed by atoms with Crippen molar-refractivity contribution in [3.63, 3.8) is 0 Å². The average Bonchev–Trinajstić information content (AvgIpc) is 2.72. The molecule has 0 aromatic rings. The minimum atomic E-state index is -0.752. The van der Waals surface area contributed by atoms with Crippen LogP contribution >= 0.6 is 0 Å². The standard InChI is InChI=1S/C11H10O2/c12-11(13)9-5-7-2-1-6-3-4-8(9)10(6)7/h1-8,10H,(H,12,13)/t6-,7+,8-,10+/m0/s1. The van der Waals surface area contributed by atoms with Gasteiger partial charge in [0.15, 0.2) is 0 Å². The highest BCUT2D eigenvalue weighted by atomic mass is 16.4. The zero-order valence-corrected chi connectivity index (χ0v) is 7.05. The Morgan fingerprint density at radius 3 is 2.62 bits per heavy atom. The predicted molar refractivity (Wildman–Crippen MR) is 48.0 cm³/mol. The highest BCUT2D eigenvalue weighted by Gasteiger charge is 2.45. The van der Waals surface area contributed by atoms with Crippen LogP contribution in [0.1, 0.15) is 0 Å². The minimum absolute atomic E-state index is 0.169. The summed E-state index contributed by atoms with van der Waals surface area (Å²) in [4.78, 5) is 10.9. The Balaban J connectivity index is 2.07. The molecular weight excluding hydrogens is 164 g/mol. The Morgan fingerprint density at radius 1 is 1.15 bits per heavy atom. The molecule has 1 N–H and O–H groups in total. The smallest absolute Gasteiger partial charge is 0.331 e. The molecule has 0 aliphatic heterocycles. The molecule has 3 aliphatic carbocycles. The van der Waals surface area contributed by atoms with Crippen LogP contribution in [-0.4, -0.2) is 11.1 Å². The van der Waals surface area contributed by atoms with E-state index < -0.39 is 5.97 Å². The number of carboxylic acids is 1.